The summed E-state index contributed by atoms with van der Waals surface area (Å²) < 4.78 is 0. The van der Waals surface area contributed by atoms with Gasteiger partial charge in [-0.25, -0.2) is 0 Å². The molecular formula is C20H19N5O. The van der Waals surface area contributed by atoms with Crippen molar-refractivity contribution in [1.29, 1.82) is 0 Å². The van der Waals surface area contributed by atoms with Gasteiger partial charge in [-0.05, 0) is 55.7 Å². The number of nitrogens with two attached hydrogens (primary N) is 1. The van der Waals surface area contributed by atoms with Crippen molar-refractivity contribution in [3.63, 3.8) is 0 Å². The largest absolute Gasteiger partial charge is 0.366 e. The summed E-state index contributed by atoms with van der Waals surface area (Å²) >= 11 is 0. The van der Waals surface area contributed by atoms with Gasteiger partial charge >= 0.3 is 0 Å². The van der Waals surface area contributed by atoms with Crippen LogP contribution in [0.1, 0.15) is 35.3 Å². The Hall–Kier alpha value is -3.28. The Morgan fingerprint density at radius 3 is 2.54 bits per heavy atom. The van der Waals surface area contributed by atoms with Crippen molar-refractivity contribution >= 4 is 11.7 Å². The van der Waals surface area contributed by atoms with Crippen LogP contribution >= 0.6 is 0 Å². The van der Waals surface area contributed by atoms with Crippen LogP contribution in [0, 0.1) is 0 Å². The van der Waals surface area contributed by atoms with Crippen molar-refractivity contribution in [2.75, 3.05) is 5.32 Å². The van der Waals surface area contributed by atoms with Crippen LogP contribution in [0.15, 0.2) is 60.8 Å². The zero-order valence-electron chi connectivity index (χ0n) is 14.2. The molecule has 2 heterocycles. The number of benzene rings is 1. The van der Waals surface area contributed by atoms with Gasteiger partial charge in [0.15, 0.2) is 0 Å². The van der Waals surface area contributed by atoms with E-state index in [0.717, 1.165) is 30.5 Å². The summed E-state index contributed by atoms with van der Waals surface area (Å²) in [6.07, 6.45) is 5.02. The van der Waals surface area contributed by atoms with Crippen LogP contribution in [0.2, 0.25) is 0 Å². The lowest BCUT2D eigenvalue weighted by Gasteiger charge is -2.42. The zero-order valence-corrected chi connectivity index (χ0v) is 14.2. The summed E-state index contributed by atoms with van der Waals surface area (Å²) in [4.78, 5) is 15.8. The Labute approximate surface area is 151 Å². The number of aromatic nitrogens is 3. The van der Waals surface area contributed by atoms with Crippen molar-refractivity contribution in [3.05, 3.63) is 72.1 Å². The van der Waals surface area contributed by atoms with E-state index in [1.165, 1.54) is 0 Å². The maximum Gasteiger partial charge on any atom is 0.248 e. The van der Waals surface area contributed by atoms with Crippen LogP contribution in [0.4, 0.5) is 5.82 Å². The topological polar surface area (TPSA) is 93.8 Å². The van der Waals surface area contributed by atoms with Crippen LogP contribution in [-0.4, -0.2) is 21.1 Å². The normalized spacial score (nSPS) is 15.1. The number of nitrogens with one attached hydrogen (secondary N) is 1. The van der Waals surface area contributed by atoms with E-state index in [4.69, 9.17) is 5.73 Å². The van der Waals surface area contributed by atoms with E-state index < -0.39 is 5.91 Å². The predicted octanol–water partition coefficient (Wildman–Crippen LogP) is 3.13. The first-order valence-corrected chi connectivity index (χ1v) is 8.60. The predicted molar refractivity (Wildman–Crippen MR) is 99.4 cm³/mol. The summed E-state index contributed by atoms with van der Waals surface area (Å²) in [7, 11) is 0. The van der Waals surface area contributed by atoms with E-state index in [0.29, 0.717) is 17.1 Å². The van der Waals surface area contributed by atoms with Gasteiger partial charge in [0.05, 0.1) is 16.9 Å². The lowest BCUT2D eigenvalue weighted by Crippen LogP contribution is -2.43. The van der Waals surface area contributed by atoms with Gasteiger partial charge in [-0.1, -0.05) is 18.2 Å². The monoisotopic (exact) mass is 345 g/mol. The van der Waals surface area contributed by atoms with Gasteiger partial charge in [-0.2, -0.15) is 0 Å². The molecule has 3 aromatic rings. The first-order chi connectivity index (χ1) is 12.7. The molecule has 1 amide bonds. The van der Waals surface area contributed by atoms with Gasteiger partial charge in [-0.15, -0.1) is 10.2 Å². The number of hydrogen-bond acceptors (Lipinski definition) is 5. The van der Waals surface area contributed by atoms with Crippen LogP contribution in [0.3, 0.4) is 0 Å². The van der Waals surface area contributed by atoms with Crippen molar-refractivity contribution in [1.82, 2.24) is 15.2 Å². The Morgan fingerprint density at radius 2 is 1.92 bits per heavy atom. The minimum atomic E-state index is -0.458. The van der Waals surface area contributed by atoms with Gasteiger partial charge in [0, 0.05) is 17.3 Å². The molecule has 0 saturated heterocycles. The first kappa shape index (κ1) is 16.2. The second-order valence-corrected chi connectivity index (χ2v) is 6.52. The first-order valence-electron chi connectivity index (χ1n) is 8.60. The molecule has 0 unspecified atom stereocenters. The number of pyridine rings is 1. The van der Waals surface area contributed by atoms with E-state index in [2.05, 4.69) is 20.5 Å². The molecule has 1 aromatic carbocycles. The van der Waals surface area contributed by atoms with Gasteiger partial charge in [0.1, 0.15) is 5.82 Å². The van der Waals surface area contributed by atoms with Crippen molar-refractivity contribution < 1.29 is 4.79 Å². The molecule has 0 radical (unpaired) electrons. The van der Waals surface area contributed by atoms with Gasteiger partial charge < -0.3 is 11.1 Å². The molecule has 0 spiro atoms. The van der Waals surface area contributed by atoms with Crippen LogP contribution < -0.4 is 11.1 Å². The molecule has 0 atom stereocenters. The lowest BCUT2D eigenvalue weighted by molar-refractivity contribution is 0.100. The third-order valence-corrected chi connectivity index (χ3v) is 4.84. The molecule has 26 heavy (non-hydrogen) atoms. The average Bonchev–Trinajstić information content (AvgIpc) is 2.66. The molecule has 1 aliphatic rings. The molecule has 1 saturated carbocycles. The summed E-state index contributed by atoms with van der Waals surface area (Å²) in [5.74, 6) is 0.255. The summed E-state index contributed by atoms with van der Waals surface area (Å²) in [6, 6.07) is 16.8. The molecule has 130 valence electrons. The number of hydrogen-bond donors (Lipinski definition) is 2. The van der Waals surface area contributed by atoms with Crippen LogP contribution in [0.5, 0.6) is 0 Å². The number of carbonyl (C=O) groups is 1. The number of anilines is 1. The fourth-order valence-electron chi connectivity index (χ4n) is 3.25. The Balaban J connectivity index is 1.57. The number of rotatable bonds is 5. The highest BCUT2D eigenvalue weighted by atomic mass is 16.1. The van der Waals surface area contributed by atoms with Gasteiger partial charge in [0.25, 0.3) is 0 Å². The fourth-order valence-corrected chi connectivity index (χ4v) is 3.25. The quantitative estimate of drug-likeness (QED) is 0.741. The van der Waals surface area contributed by atoms with E-state index in [-0.39, 0.29) is 5.54 Å². The molecule has 1 aliphatic carbocycles. The third kappa shape index (κ3) is 3.01. The van der Waals surface area contributed by atoms with E-state index in [1.807, 2.05) is 42.6 Å². The molecule has 0 bridgehead atoms. The molecule has 6 heteroatoms. The van der Waals surface area contributed by atoms with Crippen LogP contribution in [0.25, 0.3) is 11.3 Å². The van der Waals surface area contributed by atoms with Crippen LogP contribution in [-0.2, 0) is 5.54 Å². The number of nitrogens with zero attached hydrogens (tertiary/aromatic N) is 3. The standard InChI is InChI=1S/C20H19N5O/c21-19(26)15-6-3-5-14(13-15)16-8-9-18(25-24-16)23-20(10-4-11-20)17-7-1-2-12-22-17/h1-3,5-9,12-13H,4,10-11H2,(H2,21,26)(H,23,25). The molecule has 3 N–H and O–H groups in total. The van der Waals surface area contributed by atoms with Crippen molar-refractivity contribution in [3.8, 4) is 11.3 Å². The zero-order chi connectivity index (χ0) is 18.0. The summed E-state index contributed by atoms with van der Waals surface area (Å²) in [6.45, 7) is 0. The molecule has 2 aromatic heterocycles. The lowest BCUT2D eigenvalue weighted by atomic mass is 9.74. The third-order valence-electron chi connectivity index (χ3n) is 4.84. The number of carbonyl (C=O) groups excluding carboxylic acids is 1. The molecule has 6 nitrogen and oxygen atoms in total. The minimum Gasteiger partial charge on any atom is -0.366 e. The smallest absolute Gasteiger partial charge is 0.248 e. The maximum absolute atomic E-state index is 11.3. The van der Waals surface area contributed by atoms with Gasteiger partial charge in [0.2, 0.25) is 5.91 Å². The Bertz CT molecular complexity index is 920. The Kier molecular flexibility index (Phi) is 4.08. The molecular weight excluding hydrogens is 326 g/mol. The Morgan fingerprint density at radius 1 is 1.04 bits per heavy atom. The number of primary amides is 1. The highest BCUT2D eigenvalue weighted by Crippen LogP contribution is 2.42. The number of amides is 1. The SMILES string of the molecule is NC(=O)c1cccc(-c2ccc(NC3(c4ccccn4)CCC3)nn2)c1. The fraction of sp³-hybridized carbons (Fsp3) is 0.200. The molecule has 4 rings (SSSR count). The highest BCUT2D eigenvalue weighted by molar-refractivity contribution is 5.93. The van der Waals surface area contributed by atoms with Crippen molar-refractivity contribution in [2.45, 2.75) is 24.8 Å². The summed E-state index contributed by atoms with van der Waals surface area (Å²) in [5, 5.41) is 12.1. The van der Waals surface area contributed by atoms with E-state index in [1.54, 1.807) is 18.2 Å². The van der Waals surface area contributed by atoms with Crippen molar-refractivity contribution in [2.24, 2.45) is 5.73 Å². The minimum absolute atomic E-state index is 0.163. The molecule has 1 fully saturated rings. The van der Waals surface area contributed by atoms with E-state index in [9.17, 15) is 4.79 Å². The second kappa shape index (κ2) is 6.55. The summed E-state index contributed by atoms with van der Waals surface area (Å²) in [5.41, 5.74) is 8.17. The second-order valence-electron chi connectivity index (χ2n) is 6.52. The van der Waals surface area contributed by atoms with E-state index >= 15 is 0 Å². The average molecular weight is 345 g/mol. The highest BCUT2D eigenvalue weighted by Gasteiger charge is 2.40. The molecule has 0 aliphatic heterocycles. The van der Waals surface area contributed by atoms with Gasteiger partial charge in [-0.3, -0.25) is 9.78 Å². The maximum atomic E-state index is 11.3.